The van der Waals surface area contributed by atoms with Crippen LogP contribution >= 0.6 is 0 Å². The number of rotatable bonds is 6. The van der Waals surface area contributed by atoms with Crippen LogP contribution in [-0.2, 0) is 0 Å². The maximum atomic E-state index is 6.44. The SMILES string of the molecule is c1ccc(-c2nc3ccc4oc5cc(-c6ccc(N(c7ccc(-c8cccc9ccccc89)cc7)c7ccc8oc9ccccc9c8c7)cc6)ccc5c4c3o2)cc1. The van der Waals surface area contributed by atoms with Gasteiger partial charge in [0.15, 0.2) is 5.58 Å². The average Bonchev–Trinajstić information content (AvgIpc) is 4.00. The third-order valence-corrected chi connectivity index (χ3v) is 11.3. The predicted molar refractivity (Wildman–Crippen MR) is 237 cm³/mol. The highest BCUT2D eigenvalue weighted by atomic mass is 16.4. The molecular formula is C53H32N2O3. The number of aromatic nitrogens is 1. The maximum Gasteiger partial charge on any atom is 0.227 e. The molecule has 5 nitrogen and oxygen atoms in total. The first-order valence-corrected chi connectivity index (χ1v) is 19.4. The Morgan fingerprint density at radius 3 is 1.86 bits per heavy atom. The Morgan fingerprint density at radius 2 is 1.02 bits per heavy atom. The first kappa shape index (κ1) is 32.4. The lowest BCUT2D eigenvalue weighted by Gasteiger charge is -2.26. The fourth-order valence-electron chi connectivity index (χ4n) is 8.50. The standard InChI is InChI=1S/C53H32N2O3/c1-2-10-36(11-3-1)53-54-46-28-30-49-51(52(46)58-53)44-27-21-37(31-50(44)57-49)33-17-22-38(23-18-33)55(40-26-29-48-45(32-40)43-14-6-7-16-47(43)56-48)39-24-19-35(20-25-39)42-15-8-12-34-9-4-5-13-41(34)42/h1-32H. The van der Waals surface area contributed by atoms with Gasteiger partial charge in [-0.2, -0.15) is 0 Å². The van der Waals surface area contributed by atoms with Crippen LogP contribution < -0.4 is 4.90 Å². The summed E-state index contributed by atoms with van der Waals surface area (Å²) in [6.07, 6.45) is 0. The number of para-hydroxylation sites is 1. The van der Waals surface area contributed by atoms with Crippen LogP contribution in [0.3, 0.4) is 0 Å². The summed E-state index contributed by atoms with van der Waals surface area (Å²) in [5.74, 6) is 0.599. The second-order valence-electron chi connectivity index (χ2n) is 14.7. The lowest BCUT2D eigenvalue weighted by Crippen LogP contribution is -2.09. The van der Waals surface area contributed by atoms with Gasteiger partial charge in [0.05, 0.1) is 5.39 Å². The van der Waals surface area contributed by atoms with Gasteiger partial charge in [-0.15, -0.1) is 0 Å². The van der Waals surface area contributed by atoms with E-state index in [0.29, 0.717) is 5.89 Å². The van der Waals surface area contributed by atoms with E-state index in [1.165, 1.54) is 21.9 Å². The first-order valence-electron chi connectivity index (χ1n) is 19.4. The molecule has 0 radical (unpaired) electrons. The fraction of sp³-hybridized carbons (Fsp3) is 0. The first-order chi connectivity index (χ1) is 28.7. The monoisotopic (exact) mass is 744 g/mol. The van der Waals surface area contributed by atoms with Gasteiger partial charge >= 0.3 is 0 Å². The van der Waals surface area contributed by atoms with Crippen molar-refractivity contribution in [3.05, 3.63) is 194 Å². The highest BCUT2D eigenvalue weighted by molar-refractivity contribution is 6.17. The van der Waals surface area contributed by atoms with Gasteiger partial charge in [-0.05, 0) is 118 Å². The molecule has 58 heavy (non-hydrogen) atoms. The molecule has 5 heteroatoms. The van der Waals surface area contributed by atoms with Gasteiger partial charge in [0, 0.05) is 38.8 Å². The van der Waals surface area contributed by atoms with Gasteiger partial charge in [0.2, 0.25) is 5.89 Å². The number of oxazole rings is 1. The van der Waals surface area contributed by atoms with E-state index in [1.54, 1.807) is 0 Å². The van der Waals surface area contributed by atoms with Crippen molar-refractivity contribution in [2.75, 3.05) is 4.90 Å². The van der Waals surface area contributed by atoms with Gasteiger partial charge in [-0.3, -0.25) is 0 Å². The summed E-state index contributed by atoms with van der Waals surface area (Å²) in [7, 11) is 0. The van der Waals surface area contributed by atoms with Crippen molar-refractivity contribution in [1.82, 2.24) is 4.98 Å². The highest BCUT2D eigenvalue weighted by Gasteiger charge is 2.19. The number of benzene rings is 9. The largest absolute Gasteiger partial charge is 0.456 e. The topological polar surface area (TPSA) is 55.6 Å². The quantitative estimate of drug-likeness (QED) is 0.170. The highest BCUT2D eigenvalue weighted by Crippen LogP contribution is 2.42. The summed E-state index contributed by atoms with van der Waals surface area (Å²) in [5, 5.41) is 6.59. The molecule has 9 aromatic carbocycles. The van der Waals surface area contributed by atoms with Crippen molar-refractivity contribution in [3.8, 4) is 33.7 Å². The van der Waals surface area contributed by atoms with Crippen LogP contribution in [0, 0.1) is 0 Å². The normalized spacial score (nSPS) is 11.8. The van der Waals surface area contributed by atoms with E-state index in [-0.39, 0.29) is 0 Å². The zero-order valence-corrected chi connectivity index (χ0v) is 31.1. The molecule has 0 spiro atoms. The van der Waals surface area contributed by atoms with Gasteiger partial charge in [-0.1, -0.05) is 109 Å². The van der Waals surface area contributed by atoms with Gasteiger partial charge in [-0.25, -0.2) is 4.98 Å². The molecule has 0 bridgehead atoms. The molecule has 0 N–H and O–H groups in total. The summed E-state index contributed by atoms with van der Waals surface area (Å²) in [6, 6.07) is 67.7. The van der Waals surface area contributed by atoms with Crippen LogP contribution in [0.4, 0.5) is 17.1 Å². The van der Waals surface area contributed by atoms with E-state index in [4.69, 9.17) is 18.2 Å². The minimum Gasteiger partial charge on any atom is -0.456 e. The summed E-state index contributed by atoms with van der Waals surface area (Å²) in [5.41, 5.74) is 13.5. The lowest BCUT2D eigenvalue weighted by molar-refractivity contribution is 0.622. The average molecular weight is 745 g/mol. The van der Waals surface area contributed by atoms with Crippen LogP contribution in [-0.4, -0.2) is 4.98 Å². The Kier molecular flexibility index (Phi) is 7.16. The van der Waals surface area contributed by atoms with Crippen molar-refractivity contribution in [1.29, 1.82) is 0 Å². The Bertz CT molecular complexity index is 3500. The second kappa shape index (κ2) is 12.8. The summed E-state index contributed by atoms with van der Waals surface area (Å²) >= 11 is 0. The molecule has 0 amide bonds. The van der Waals surface area contributed by atoms with Crippen LogP contribution in [0.1, 0.15) is 0 Å². The van der Waals surface area contributed by atoms with Crippen molar-refractivity contribution < 1.29 is 13.3 Å². The number of furan rings is 2. The Morgan fingerprint density at radius 1 is 0.362 bits per heavy atom. The fourth-order valence-corrected chi connectivity index (χ4v) is 8.50. The molecule has 0 atom stereocenters. The van der Waals surface area contributed by atoms with Crippen LogP contribution in [0.15, 0.2) is 207 Å². The minimum atomic E-state index is 0.599. The van der Waals surface area contributed by atoms with E-state index in [1.807, 2.05) is 54.6 Å². The molecule has 0 saturated heterocycles. The van der Waals surface area contributed by atoms with Crippen LogP contribution in [0.5, 0.6) is 0 Å². The summed E-state index contributed by atoms with van der Waals surface area (Å²) in [4.78, 5) is 7.10. The smallest absolute Gasteiger partial charge is 0.227 e. The molecule has 0 aliphatic carbocycles. The molecule has 3 heterocycles. The third-order valence-electron chi connectivity index (χ3n) is 11.3. The van der Waals surface area contributed by atoms with Crippen molar-refractivity contribution in [2.24, 2.45) is 0 Å². The Labute approximate surface area is 332 Å². The van der Waals surface area contributed by atoms with Crippen molar-refractivity contribution in [2.45, 2.75) is 0 Å². The summed E-state index contributed by atoms with van der Waals surface area (Å²) < 4.78 is 19.0. The molecule has 12 rings (SSSR count). The van der Waals surface area contributed by atoms with E-state index >= 15 is 0 Å². The van der Waals surface area contributed by atoms with Gasteiger partial charge in [0.1, 0.15) is 27.8 Å². The van der Waals surface area contributed by atoms with Crippen LogP contribution in [0.25, 0.3) is 99.5 Å². The van der Waals surface area contributed by atoms with Gasteiger partial charge in [0.25, 0.3) is 0 Å². The number of fused-ring (bicyclic) bond motifs is 9. The summed E-state index contributed by atoms with van der Waals surface area (Å²) in [6.45, 7) is 0. The molecule has 0 saturated carbocycles. The maximum absolute atomic E-state index is 6.44. The molecule has 0 aliphatic rings. The Balaban J connectivity index is 0.936. The predicted octanol–water partition coefficient (Wildman–Crippen LogP) is 15.3. The molecule has 0 unspecified atom stereocenters. The third kappa shape index (κ3) is 5.21. The van der Waals surface area contributed by atoms with Crippen LogP contribution in [0.2, 0.25) is 0 Å². The van der Waals surface area contributed by atoms with E-state index in [0.717, 1.165) is 88.7 Å². The number of hydrogen-bond acceptors (Lipinski definition) is 5. The van der Waals surface area contributed by atoms with Crippen molar-refractivity contribution in [3.63, 3.8) is 0 Å². The molecule has 12 aromatic rings. The minimum absolute atomic E-state index is 0.599. The van der Waals surface area contributed by atoms with E-state index < -0.39 is 0 Å². The molecule has 0 fully saturated rings. The van der Waals surface area contributed by atoms with Gasteiger partial charge < -0.3 is 18.2 Å². The lowest BCUT2D eigenvalue weighted by atomic mass is 9.98. The van der Waals surface area contributed by atoms with Crippen molar-refractivity contribution >= 4 is 82.8 Å². The zero-order valence-electron chi connectivity index (χ0n) is 31.1. The zero-order chi connectivity index (χ0) is 38.2. The molecule has 272 valence electrons. The number of anilines is 3. The molecule has 0 aliphatic heterocycles. The Hall–Kier alpha value is -7.89. The number of nitrogens with zero attached hydrogens (tertiary/aromatic N) is 2. The second-order valence-corrected chi connectivity index (χ2v) is 14.7. The van der Waals surface area contributed by atoms with E-state index in [9.17, 15) is 0 Å². The molecular weight excluding hydrogens is 713 g/mol. The van der Waals surface area contributed by atoms with E-state index in [2.05, 4.69) is 144 Å². The number of hydrogen-bond donors (Lipinski definition) is 0. The molecule has 3 aromatic heterocycles.